The summed E-state index contributed by atoms with van der Waals surface area (Å²) in [5.74, 6) is -1.65. The van der Waals surface area contributed by atoms with Crippen LogP contribution in [0.3, 0.4) is 0 Å². The number of benzene rings is 3. The van der Waals surface area contributed by atoms with Crippen LogP contribution in [0.2, 0.25) is 0 Å². The first-order valence-corrected chi connectivity index (χ1v) is 15.8. The van der Waals surface area contributed by atoms with Crippen LogP contribution in [-0.2, 0) is 15.9 Å². The van der Waals surface area contributed by atoms with Gasteiger partial charge in [-0.15, -0.1) is 0 Å². The second-order valence-electron chi connectivity index (χ2n) is 11.4. The summed E-state index contributed by atoms with van der Waals surface area (Å²) in [4.78, 5) is 0. The molecule has 1 fully saturated rings. The number of hydrogen-bond acceptors (Lipinski definition) is 2. The molecule has 226 valence electrons. The number of aryl methyl sites for hydroxylation is 1. The summed E-state index contributed by atoms with van der Waals surface area (Å²) in [7, 11) is 0. The van der Waals surface area contributed by atoms with E-state index in [-0.39, 0.29) is 11.4 Å². The molecule has 5 heteroatoms. The van der Waals surface area contributed by atoms with Crippen molar-refractivity contribution in [3.63, 3.8) is 0 Å². The zero-order chi connectivity index (χ0) is 29.7. The molecule has 0 N–H and O–H groups in total. The highest BCUT2D eigenvalue weighted by Gasteiger charge is 2.24. The molecule has 1 saturated heterocycles. The molecule has 0 radical (unpaired) electrons. The second-order valence-corrected chi connectivity index (χ2v) is 11.4. The molecule has 0 atom stereocenters. The Labute approximate surface area is 250 Å². The predicted molar refractivity (Wildman–Crippen MR) is 166 cm³/mol. The molecular formula is C37H45F3O2. The number of halogens is 3. The standard InChI is InChI=1S/C37H45F3O2/c1-3-5-7-9-10-11-12-14-27-25-41-37(42-26-27)31-21-22-32(34(38)24-31)28-16-18-29(19-17-28)33-23-20-30(35(39)36(33)40)15-13-8-6-4-2/h6,8,16-24,27,37H,3-5,7,9-15,25-26H2,1-2H3/b8-6+. The zero-order valence-corrected chi connectivity index (χ0v) is 25.1. The molecule has 1 heterocycles. The van der Waals surface area contributed by atoms with Crippen molar-refractivity contribution in [2.45, 2.75) is 90.8 Å². The summed E-state index contributed by atoms with van der Waals surface area (Å²) < 4.78 is 56.7. The van der Waals surface area contributed by atoms with Gasteiger partial charge >= 0.3 is 0 Å². The van der Waals surface area contributed by atoms with Gasteiger partial charge in [0, 0.05) is 22.6 Å². The van der Waals surface area contributed by atoms with Gasteiger partial charge in [0.15, 0.2) is 17.9 Å². The maximum absolute atomic E-state index is 15.2. The fraction of sp³-hybridized carbons (Fsp3) is 0.459. The molecule has 3 aromatic rings. The van der Waals surface area contributed by atoms with Gasteiger partial charge in [0.2, 0.25) is 0 Å². The highest BCUT2D eigenvalue weighted by molar-refractivity contribution is 5.71. The Bertz CT molecular complexity index is 1280. The second kappa shape index (κ2) is 16.7. The molecular weight excluding hydrogens is 533 g/mol. The lowest BCUT2D eigenvalue weighted by Crippen LogP contribution is -2.27. The van der Waals surface area contributed by atoms with E-state index in [1.54, 1.807) is 42.5 Å². The third-order valence-corrected chi connectivity index (χ3v) is 8.10. The van der Waals surface area contributed by atoms with Gasteiger partial charge < -0.3 is 9.47 Å². The molecule has 0 aromatic heterocycles. The third-order valence-electron chi connectivity index (χ3n) is 8.10. The molecule has 4 rings (SSSR count). The van der Waals surface area contributed by atoms with Crippen LogP contribution in [0.25, 0.3) is 22.3 Å². The minimum Gasteiger partial charge on any atom is -0.348 e. The average Bonchev–Trinajstić information content (AvgIpc) is 3.01. The minimum absolute atomic E-state index is 0.194. The molecule has 1 aliphatic rings. The summed E-state index contributed by atoms with van der Waals surface area (Å²) in [6.45, 7) is 5.52. The number of ether oxygens (including phenoxy) is 2. The van der Waals surface area contributed by atoms with Crippen molar-refractivity contribution in [3.05, 3.63) is 95.3 Å². The first-order valence-electron chi connectivity index (χ1n) is 15.8. The smallest absolute Gasteiger partial charge is 0.183 e. The first kappa shape index (κ1) is 32.0. The van der Waals surface area contributed by atoms with E-state index in [0.717, 1.165) is 12.8 Å². The Morgan fingerprint density at radius 2 is 1.36 bits per heavy atom. The van der Waals surface area contributed by atoms with Gasteiger partial charge in [-0.3, -0.25) is 0 Å². The Morgan fingerprint density at radius 1 is 0.714 bits per heavy atom. The van der Waals surface area contributed by atoms with Gasteiger partial charge in [-0.1, -0.05) is 119 Å². The highest BCUT2D eigenvalue weighted by Crippen LogP contribution is 2.33. The highest BCUT2D eigenvalue weighted by atomic mass is 19.2. The van der Waals surface area contributed by atoms with Crippen molar-refractivity contribution in [2.24, 2.45) is 5.92 Å². The van der Waals surface area contributed by atoms with Gasteiger partial charge in [0.25, 0.3) is 0 Å². The topological polar surface area (TPSA) is 18.5 Å². The van der Waals surface area contributed by atoms with Gasteiger partial charge in [-0.05, 0) is 48.4 Å². The van der Waals surface area contributed by atoms with Crippen LogP contribution in [-0.4, -0.2) is 13.2 Å². The molecule has 0 spiro atoms. The molecule has 42 heavy (non-hydrogen) atoms. The van der Waals surface area contributed by atoms with E-state index >= 15 is 4.39 Å². The van der Waals surface area contributed by atoms with Crippen LogP contribution in [0.1, 0.15) is 95.5 Å². The van der Waals surface area contributed by atoms with E-state index in [9.17, 15) is 8.78 Å². The molecule has 1 aliphatic heterocycles. The lowest BCUT2D eigenvalue weighted by Gasteiger charge is -2.29. The third kappa shape index (κ3) is 8.81. The van der Waals surface area contributed by atoms with Gasteiger partial charge in [0.05, 0.1) is 13.2 Å². The fourth-order valence-corrected chi connectivity index (χ4v) is 5.56. The molecule has 0 unspecified atom stereocenters. The van der Waals surface area contributed by atoms with E-state index in [4.69, 9.17) is 9.47 Å². The molecule has 3 aromatic carbocycles. The molecule has 0 saturated carbocycles. The minimum atomic E-state index is -0.854. The summed E-state index contributed by atoms with van der Waals surface area (Å²) in [5.41, 5.74) is 2.85. The summed E-state index contributed by atoms with van der Waals surface area (Å²) in [6, 6.07) is 15.1. The Morgan fingerprint density at radius 3 is 2.02 bits per heavy atom. The largest absolute Gasteiger partial charge is 0.348 e. The molecule has 0 amide bonds. The molecule has 0 aliphatic carbocycles. The Balaban J connectivity index is 1.31. The zero-order valence-electron chi connectivity index (χ0n) is 25.1. The SMILES string of the molecule is CC/C=C/CCc1ccc(-c2ccc(-c3ccc(C4OCC(CCCCCCCCC)CO4)cc3F)cc2)c(F)c1F. The van der Waals surface area contributed by atoms with Crippen molar-refractivity contribution in [1.29, 1.82) is 0 Å². The number of allylic oxidation sites excluding steroid dienone is 2. The Kier molecular flexibility index (Phi) is 12.7. The number of rotatable bonds is 15. The normalized spacial score (nSPS) is 17.3. The van der Waals surface area contributed by atoms with Gasteiger partial charge in [-0.25, -0.2) is 13.2 Å². The maximum atomic E-state index is 15.2. The molecule has 0 bridgehead atoms. The number of unbranched alkanes of at least 4 members (excludes halogenated alkanes) is 6. The van der Waals surface area contributed by atoms with Gasteiger partial charge in [0.1, 0.15) is 5.82 Å². The average molecular weight is 579 g/mol. The van der Waals surface area contributed by atoms with E-state index in [2.05, 4.69) is 6.92 Å². The van der Waals surface area contributed by atoms with E-state index in [1.165, 1.54) is 51.0 Å². The molecule has 2 nitrogen and oxygen atoms in total. The van der Waals surface area contributed by atoms with Crippen molar-refractivity contribution < 1.29 is 22.6 Å². The van der Waals surface area contributed by atoms with Crippen LogP contribution in [0.5, 0.6) is 0 Å². The summed E-state index contributed by atoms with van der Waals surface area (Å²) in [5, 5.41) is 0. The van der Waals surface area contributed by atoms with Crippen LogP contribution in [0.4, 0.5) is 13.2 Å². The monoisotopic (exact) mass is 578 g/mol. The van der Waals surface area contributed by atoms with Crippen LogP contribution in [0.15, 0.2) is 66.7 Å². The van der Waals surface area contributed by atoms with Crippen LogP contribution < -0.4 is 0 Å². The quantitative estimate of drug-likeness (QED) is 0.132. The van der Waals surface area contributed by atoms with E-state index in [1.807, 2.05) is 25.1 Å². The lowest BCUT2D eigenvalue weighted by molar-refractivity contribution is -0.206. The predicted octanol–water partition coefficient (Wildman–Crippen LogP) is 11.1. The lowest BCUT2D eigenvalue weighted by atomic mass is 9.97. The van der Waals surface area contributed by atoms with E-state index < -0.39 is 17.9 Å². The Hall–Kier alpha value is -2.89. The van der Waals surface area contributed by atoms with Crippen LogP contribution in [0, 0.1) is 23.4 Å². The van der Waals surface area contributed by atoms with Gasteiger partial charge in [-0.2, -0.15) is 0 Å². The van der Waals surface area contributed by atoms with Crippen molar-refractivity contribution in [3.8, 4) is 22.3 Å². The maximum Gasteiger partial charge on any atom is 0.183 e. The van der Waals surface area contributed by atoms with Crippen molar-refractivity contribution in [2.75, 3.05) is 13.2 Å². The number of hydrogen-bond donors (Lipinski definition) is 0. The summed E-state index contributed by atoms with van der Waals surface area (Å²) >= 11 is 0. The first-order chi connectivity index (χ1) is 20.5. The fourth-order valence-electron chi connectivity index (χ4n) is 5.56. The van der Waals surface area contributed by atoms with Crippen molar-refractivity contribution in [1.82, 2.24) is 0 Å². The van der Waals surface area contributed by atoms with Crippen molar-refractivity contribution >= 4 is 0 Å². The van der Waals surface area contributed by atoms with Crippen LogP contribution >= 0.6 is 0 Å². The summed E-state index contributed by atoms with van der Waals surface area (Å²) in [6.07, 6.45) is 15.6. The van der Waals surface area contributed by atoms with E-state index in [0.29, 0.717) is 59.8 Å².